The zero-order chi connectivity index (χ0) is 15.6. The fraction of sp³-hybridized carbons (Fsp3) is 0.143. The molecule has 0 aliphatic carbocycles. The molecular weight excluding hydrogens is 423 g/mol. The van der Waals surface area contributed by atoms with Crippen molar-refractivity contribution in [1.82, 2.24) is 4.90 Å². The first-order valence-corrected chi connectivity index (χ1v) is 8.28. The summed E-state index contributed by atoms with van der Waals surface area (Å²) in [6, 6.07) is 6.60. The minimum absolute atomic E-state index is 0.193. The van der Waals surface area contributed by atoms with Crippen LogP contribution in [0.5, 0.6) is 0 Å². The van der Waals surface area contributed by atoms with E-state index in [1.165, 1.54) is 16.2 Å². The molecule has 21 heavy (non-hydrogen) atoms. The minimum Gasteiger partial charge on any atom is -0.345 e. The van der Waals surface area contributed by atoms with E-state index < -0.39 is 0 Å². The van der Waals surface area contributed by atoms with Crippen molar-refractivity contribution in [2.24, 2.45) is 0 Å². The quantitative estimate of drug-likeness (QED) is 0.744. The molecule has 1 N–H and O–H groups in total. The Bertz CT molecular complexity index is 700. The molecule has 1 heterocycles. The molecule has 7 heteroatoms. The Kier molecular flexibility index (Phi) is 5.23. The van der Waals surface area contributed by atoms with Gasteiger partial charge < -0.3 is 10.2 Å². The van der Waals surface area contributed by atoms with Crippen molar-refractivity contribution in [3.05, 3.63) is 48.7 Å². The van der Waals surface area contributed by atoms with Crippen molar-refractivity contribution in [2.75, 3.05) is 19.4 Å². The molecule has 1 aromatic heterocycles. The van der Waals surface area contributed by atoms with Crippen LogP contribution in [-0.2, 0) is 0 Å². The van der Waals surface area contributed by atoms with Gasteiger partial charge in [-0.15, -0.1) is 11.3 Å². The van der Waals surface area contributed by atoms with Gasteiger partial charge in [0.15, 0.2) is 0 Å². The SMILES string of the molecule is CN(C)C(=O)c1ccc(Cl)cc1NC(=O)c1csc(I)c1. The third kappa shape index (κ3) is 3.96. The Hall–Kier alpha value is -1.12. The van der Waals surface area contributed by atoms with Crippen molar-refractivity contribution < 1.29 is 9.59 Å². The lowest BCUT2D eigenvalue weighted by Crippen LogP contribution is -2.24. The van der Waals surface area contributed by atoms with Crippen LogP contribution < -0.4 is 5.32 Å². The maximum atomic E-state index is 12.2. The maximum Gasteiger partial charge on any atom is 0.256 e. The molecule has 2 rings (SSSR count). The topological polar surface area (TPSA) is 49.4 Å². The zero-order valence-electron chi connectivity index (χ0n) is 11.3. The molecule has 0 saturated carbocycles. The van der Waals surface area contributed by atoms with Crippen LogP contribution in [0, 0.1) is 2.88 Å². The Morgan fingerprint density at radius 3 is 2.57 bits per heavy atom. The second-order valence-corrected chi connectivity index (χ2v) is 7.72. The first kappa shape index (κ1) is 16.3. The monoisotopic (exact) mass is 434 g/mol. The van der Waals surface area contributed by atoms with Crippen molar-refractivity contribution in [1.29, 1.82) is 0 Å². The summed E-state index contributed by atoms with van der Waals surface area (Å²) >= 11 is 9.60. The molecule has 0 aliphatic heterocycles. The van der Waals surface area contributed by atoms with Crippen molar-refractivity contribution in [2.45, 2.75) is 0 Å². The Labute approximate surface area is 145 Å². The predicted octanol–water partition coefficient (Wildman–Crippen LogP) is 3.96. The average Bonchev–Trinajstić information content (AvgIpc) is 2.85. The van der Waals surface area contributed by atoms with Crippen LogP contribution >= 0.6 is 45.5 Å². The molecule has 1 aromatic carbocycles. The van der Waals surface area contributed by atoms with Crippen molar-refractivity contribution in [3.8, 4) is 0 Å². The second-order valence-electron chi connectivity index (χ2n) is 4.48. The average molecular weight is 435 g/mol. The summed E-state index contributed by atoms with van der Waals surface area (Å²) in [5, 5.41) is 4.98. The molecule has 0 aliphatic rings. The fourth-order valence-corrected chi connectivity index (χ4v) is 3.17. The minimum atomic E-state index is -0.260. The third-order valence-corrected chi connectivity index (χ3v) is 4.72. The number of hydrogen-bond donors (Lipinski definition) is 1. The largest absolute Gasteiger partial charge is 0.345 e. The Balaban J connectivity index is 2.32. The highest BCUT2D eigenvalue weighted by Crippen LogP contribution is 2.24. The molecule has 2 aromatic rings. The standard InChI is InChI=1S/C14H12ClIN2O2S/c1-18(2)14(20)10-4-3-9(15)6-11(10)17-13(19)8-5-12(16)21-7-8/h3-7H,1-2H3,(H,17,19). The second kappa shape index (κ2) is 6.76. The van der Waals surface area contributed by atoms with Crippen LogP contribution in [0.15, 0.2) is 29.6 Å². The van der Waals surface area contributed by atoms with Gasteiger partial charge in [-0.3, -0.25) is 9.59 Å². The molecule has 0 radical (unpaired) electrons. The van der Waals surface area contributed by atoms with E-state index in [4.69, 9.17) is 11.6 Å². The van der Waals surface area contributed by atoms with E-state index in [1.54, 1.807) is 43.7 Å². The number of amides is 2. The Morgan fingerprint density at radius 1 is 1.29 bits per heavy atom. The summed E-state index contributed by atoms with van der Waals surface area (Å²) in [5.74, 6) is -0.453. The van der Waals surface area contributed by atoms with E-state index in [-0.39, 0.29) is 11.8 Å². The third-order valence-electron chi connectivity index (χ3n) is 2.70. The molecule has 2 amide bonds. The van der Waals surface area contributed by atoms with E-state index >= 15 is 0 Å². The number of anilines is 1. The maximum absolute atomic E-state index is 12.2. The van der Waals surface area contributed by atoms with Crippen LogP contribution in [0.1, 0.15) is 20.7 Å². The normalized spacial score (nSPS) is 10.3. The number of benzene rings is 1. The predicted molar refractivity (Wildman–Crippen MR) is 94.5 cm³/mol. The van der Waals surface area contributed by atoms with Gasteiger partial charge in [0.05, 0.1) is 19.7 Å². The lowest BCUT2D eigenvalue weighted by molar-refractivity contribution is 0.0828. The molecular formula is C14H12ClIN2O2S. The number of nitrogens with zero attached hydrogens (tertiary/aromatic N) is 1. The smallest absolute Gasteiger partial charge is 0.256 e. The van der Waals surface area contributed by atoms with Crippen LogP contribution in [0.25, 0.3) is 0 Å². The highest BCUT2D eigenvalue weighted by Gasteiger charge is 2.17. The summed E-state index contributed by atoms with van der Waals surface area (Å²) in [5.41, 5.74) is 1.38. The molecule has 110 valence electrons. The van der Waals surface area contributed by atoms with Crippen LogP contribution in [-0.4, -0.2) is 30.8 Å². The van der Waals surface area contributed by atoms with E-state index in [9.17, 15) is 9.59 Å². The Morgan fingerprint density at radius 2 is 2.00 bits per heavy atom. The zero-order valence-corrected chi connectivity index (χ0v) is 15.0. The van der Waals surface area contributed by atoms with E-state index in [2.05, 4.69) is 27.9 Å². The molecule has 0 saturated heterocycles. The highest BCUT2D eigenvalue weighted by molar-refractivity contribution is 14.1. The first-order valence-electron chi connectivity index (χ1n) is 5.95. The van der Waals surface area contributed by atoms with Crippen molar-refractivity contribution >= 4 is 63.0 Å². The fourth-order valence-electron chi connectivity index (χ4n) is 1.67. The lowest BCUT2D eigenvalue weighted by Gasteiger charge is -2.15. The van der Waals surface area contributed by atoms with Gasteiger partial charge in [0.2, 0.25) is 0 Å². The summed E-state index contributed by atoms with van der Waals surface area (Å²) in [7, 11) is 3.31. The van der Waals surface area contributed by atoms with Gasteiger partial charge in [-0.05, 0) is 46.9 Å². The van der Waals surface area contributed by atoms with E-state index in [1.807, 2.05) is 0 Å². The van der Waals surface area contributed by atoms with E-state index in [0.717, 1.165) is 2.88 Å². The molecule has 4 nitrogen and oxygen atoms in total. The number of nitrogens with one attached hydrogen (secondary N) is 1. The number of carbonyl (C=O) groups is 2. The molecule has 0 unspecified atom stereocenters. The number of halogens is 2. The number of carbonyl (C=O) groups excluding carboxylic acids is 2. The van der Waals surface area contributed by atoms with Gasteiger partial charge in [-0.25, -0.2) is 0 Å². The lowest BCUT2D eigenvalue weighted by atomic mass is 10.1. The van der Waals surface area contributed by atoms with E-state index in [0.29, 0.717) is 21.8 Å². The number of thiophene rings is 1. The molecule has 0 spiro atoms. The summed E-state index contributed by atoms with van der Waals surface area (Å²) in [6.07, 6.45) is 0. The highest BCUT2D eigenvalue weighted by atomic mass is 127. The van der Waals surface area contributed by atoms with Gasteiger partial charge in [0.1, 0.15) is 0 Å². The van der Waals surface area contributed by atoms with Gasteiger partial charge in [-0.1, -0.05) is 11.6 Å². The summed E-state index contributed by atoms with van der Waals surface area (Å²) in [6.45, 7) is 0. The summed E-state index contributed by atoms with van der Waals surface area (Å²) in [4.78, 5) is 25.8. The van der Waals surface area contributed by atoms with Gasteiger partial charge in [0, 0.05) is 24.5 Å². The van der Waals surface area contributed by atoms with Gasteiger partial charge in [-0.2, -0.15) is 0 Å². The van der Waals surface area contributed by atoms with Crippen molar-refractivity contribution in [3.63, 3.8) is 0 Å². The van der Waals surface area contributed by atoms with Crippen LogP contribution in [0.4, 0.5) is 5.69 Å². The molecule has 0 bridgehead atoms. The summed E-state index contributed by atoms with van der Waals surface area (Å²) < 4.78 is 1.02. The number of hydrogen-bond acceptors (Lipinski definition) is 3. The van der Waals surface area contributed by atoms with Gasteiger partial charge in [0.25, 0.3) is 11.8 Å². The number of rotatable bonds is 3. The molecule has 0 atom stereocenters. The van der Waals surface area contributed by atoms with Gasteiger partial charge >= 0.3 is 0 Å². The first-order chi connectivity index (χ1) is 9.88. The molecule has 0 fully saturated rings. The van der Waals surface area contributed by atoms with Crippen LogP contribution in [0.3, 0.4) is 0 Å². The van der Waals surface area contributed by atoms with Crippen LogP contribution in [0.2, 0.25) is 5.02 Å².